The van der Waals surface area contributed by atoms with E-state index < -0.39 is 85.3 Å². The van der Waals surface area contributed by atoms with Gasteiger partial charge in [-0.05, 0) is 95.2 Å². The molecule has 0 saturated carbocycles. The van der Waals surface area contributed by atoms with Crippen LogP contribution in [-0.2, 0) is 67.4 Å². The van der Waals surface area contributed by atoms with Gasteiger partial charge in [0.1, 0.15) is 34.8 Å². The number of nitrogens with one attached hydrogen (secondary N) is 1. The predicted octanol–water partition coefficient (Wildman–Crippen LogP) is 4.68. The van der Waals surface area contributed by atoms with Crippen LogP contribution in [0.4, 0.5) is 17.2 Å². The number of carbonyl (C=O) groups excluding carboxylic acids is 1. The number of nitrogen functional groups attached to an aromatic ring is 1. The Morgan fingerprint density at radius 2 is 1.59 bits per heavy atom. The van der Waals surface area contributed by atoms with Crippen LogP contribution in [0.15, 0.2) is 81.1 Å². The molecule has 0 bridgehead atoms. The lowest BCUT2D eigenvalue weighted by atomic mass is 9.81. The zero-order valence-electron chi connectivity index (χ0n) is 45.9. The Hall–Kier alpha value is -4.79. The number of allylic oxidation sites excluding steroid dienone is 4. The van der Waals surface area contributed by atoms with E-state index >= 15 is 0 Å². The summed E-state index contributed by atoms with van der Waals surface area (Å²) in [4.78, 5) is 69.6. The lowest BCUT2D eigenvalue weighted by Crippen LogP contribution is -2.29. The number of benzene rings is 2. The van der Waals surface area contributed by atoms with Crippen LogP contribution in [0.5, 0.6) is 0 Å². The van der Waals surface area contributed by atoms with Gasteiger partial charge in [0.25, 0.3) is 10.1 Å². The third-order valence-electron chi connectivity index (χ3n) is 13.7. The van der Waals surface area contributed by atoms with E-state index in [-0.39, 0.29) is 46.5 Å². The lowest BCUT2D eigenvalue weighted by Gasteiger charge is -2.25. The number of nitrogens with two attached hydrogens (primary N) is 1. The fraction of sp³-hybridized carbons (Fsp3) is 0.510. The standard InChI is InChI=1S/C43H55N6O20P3S2.C6H15N/c1-6-47-32-18-16-28(73(60,61)62)22-30(32)42(2,3)36(47)13-10-14-37-43(4,5)31-23-29(74(63,64)65)17-19-33(31)48(37)21-9-7-8-15-38(51)45-20-11-12-27-25-49(41(52)46-40(27)44)39-24-34(50)35(67-39)26-66-71(56,57)69-72(58,59)68-70(53,54)55;1-4-7(5-2)6-3/h10,13-14,16-19,22-23,25,34-35,39,50H,6-9,15,20-21,24,26H2,1-5H3,(H8-,44,45,46,51,52,53,54,55,56,57,58,59,60,61,62,63,64,65);4-6H2,1-3H3/t34-,35-,39-;/m1./s1. The molecule has 32 heteroatoms. The van der Waals surface area contributed by atoms with E-state index in [2.05, 4.69) is 65.9 Å². The average molecular weight is 1230 g/mol. The van der Waals surface area contributed by atoms with Crippen molar-refractivity contribution in [2.45, 2.75) is 127 Å². The van der Waals surface area contributed by atoms with Crippen LogP contribution in [0.2, 0.25) is 0 Å². The van der Waals surface area contributed by atoms with E-state index in [1.807, 2.05) is 57.4 Å². The summed E-state index contributed by atoms with van der Waals surface area (Å²) in [5, 5.41) is 13.2. The van der Waals surface area contributed by atoms with Crippen molar-refractivity contribution in [1.82, 2.24) is 19.8 Å². The highest BCUT2D eigenvalue weighted by molar-refractivity contribution is 7.86. The number of rotatable bonds is 23. The Morgan fingerprint density at radius 1 is 0.951 bits per heavy atom. The number of likely N-dealkylation sites (N-methyl/N-ethyl adjacent to an activating group) is 1. The molecule has 0 aliphatic carbocycles. The van der Waals surface area contributed by atoms with E-state index in [9.17, 15) is 64.1 Å². The van der Waals surface area contributed by atoms with Crippen molar-refractivity contribution in [1.29, 1.82) is 0 Å². The lowest BCUT2D eigenvalue weighted by molar-refractivity contribution is -0.438. The average Bonchev–Trinajstić information content (AvgIpc) is 4.17. The Bertz CT molecular complexity index is 3430. The highest BCUT2D eigenvalue weighted by atomic mass is 32.2. The largest absolute Gasteiger partial charge is 0.744 e. The summed E-state index contributed by atoms with van der Waals surface area (Å²) in [6.45, 7) is 19.7. The normalized spacial score (nSPS) is 20.6. The molecule has 0 radical (unpaired) electrons. The van der Waals surface area contributed by atoms with Crippen LogP contribution < -0.4 is 21.6 Å². The topological polar surface area (TPSA) is 400 Å². The summed E-state index contributed by atoms with van der Waals surface area (Å²) in [5.41, 5.74) is 8.12. The smallest absolute Gasteiger partial charge is 0.490 e. The molecular formula is C49H70N7O20P3S2. The van der Waals surface area contributed by atoms with Crippen molar-refractivity contribution in [3.8, 4) is 11.8 Å². The number of phosphoric acid groups is 3. The van der Waals surface area contributed by atoms with Crippen LogP contribution in [0.25, 0.3) is 0 Å². The van der Waals surface area contributed by atoms with Gasteiger partial charge < -0.3 is 54.8 Å². The molecule has 6 rings (SSSR count). The molecule has 1 saturated heterocycles. The first-order valence-electron chi connectivity index (χ1n) is 25.5. The number of fused-ring (bicyclic) bond motifs is 2. The number of unbranched alkanes of at least 4 members (excludes halogenated alkanes) is 2. The molecule has 81 heavy (non-hydrogen) atoms. The summed E-state index contributed by atoms with van der Waals surface area (Å²) in [6, 6.07) is 8.77. The van der Waals surface area contributed by atoms with Gasteiger partial charge in [-0.15, -0.1) is 0 Å². The van der Waals surface area contributed by atoms with E-state index in [4.69, 9.17) is 20.3 Å². The highest BCUT2D eigenvalue weighted by Crippen LogP contribution is 2.66. The van der Waals surface area contributed by atoms with Gasteiger partial charge in [-0.1, -0.05) is 52.5 Å². The number of nitrogens with zero attached hydrogens (tertiary/aromatic N) is 5. The molecule has 1 amide bonds. The number of anilines is 2. The minimum atomic E-state index is -5.80. The number of phosphoric ester groups is 1. The molecule has 3 aliphatic rings. The summed E-state index contributed by atoms with van der Waals surface area (Å²) in [7, 11) is -26.2. The Morgan fingerprint density at radius 3 is 2.19 bits per heavy atom. The van der Waals surface area contributed by atoms with Gasteiger partial charge in [0, 0.05) is 66.5 Å². The molecule has 0 spiro atoms. The number of amides is 1. The van der Waals surface area contributed by atoms with Gasteiger partial charge >= 0.3 is 29.2 Å². The summed E-state index contributed by atoms with van der Waals surface area (Å²) in [6.07, 6.45) is 4.26. The van der Waals surface area contributed by atoms with Crippen molar-refractivity contribution in [3.05, 3.63) is 93.7 Å². The van der Waals surface area contributed by atoms with Crippen LogP contribution in [-0.4, -0.2) is 139 Å². The maximum Gasteiger partial charge on any atom is 0.490 e. The van der Waals surface area contributed by atoms with E-state index in [1.165, 1.54) is 50.1 Å². The SMILES string of the molecule is CCN(CC)CC.CCN1/C(=C/C=C/C2=[N+](CCCCCC(=O)NCC#Cc3cn([C@H]4C[C@@H](O)[C@@H](COP(=O)(O)OP(=O)(O)OP(=O)(O)O)O4)c(=O)nc3N)c3ccc(S(=O)(=O)[O-])cc3C2(C)C)C(C)(C)c2cc(S(=O)(=O)O)ccc21. The zero-order chi connectivity index (χ0) is 60.7. The van der Waals surface area contributed by atoms with E-state index in [1.54, 1.807) is 12.1 Å². The number of carbonyl (C=O) groups is 1. The molecule has 9 N–H and O–H groups in total. The molecule has 5 atom stereocenters. The maximum atomic E-state index is 12.8. The fourth-order valence-corrected chi connectivity index (χ4v) is 13.5. The zero-order valence-corrected chi connectivity index (χ0v) is 50.2. The van der Waals surface area contributed by atoms with E-state index in [0.29, 0.717) is 43.6 Å². The fourth-order valence-electron chi connectivity index (χ4n) is 9.50. The second-order valence-corrected chi connectivity index (χ2v) is 27.0. The summed E-state index contributed by atoms with van der Waals surface area (Å²) >= 11 is 0. The maximum absolute atomic E-state index is 12.8. The molecule has 3 aromatic rings. The molecular weight excluding hydrogens is 1160 g/mol. The summed E-state index contributed by atoms with van der Waals surface area (Å²) < 4.78 is 125. The molecule has 3 aliphatic heterocycles. The first-order valence-corrected chi connectivity index (χ1v) is 32.9. The molecule has 2 aromatic carbocycles. The van der Waals surface area contributed by atoms with Crippen molar-refractivity contribution >= 4 is 72.5 Å². The Balaban J connectivity index is 0.00000161. The number of hydrogen-bond acceptors (Lipinski definition) is 19. The van der Waals surface area contributed by atoms with Crippen LogP contribution in [0, 0.1) is 11.8 Å². The second kappa shape index (κ2) is 26.8. The quantitative estimate of drug-likeness (QED) is 0.0210. The van der Waals surface area contributed by atoms with Crippen molar-refractivity contribution < 1.29 is 91.6 Å². The molecule has 448 valence electrons. The third kappa shape index (κ3) is 17.4. The molecule has 2 unspecified atom stereocenters. The van der Waals surface area contributed by atoms with Gasteiger partial charge in [0.15, 0.2) is 5.71 Å². The van der Waals surface area contributed by atoms with Gasteiger partial charge in [0.2, 0.25) is 11.6 Å². The number of aromatic nitrogens is 2. The number of aliphatic hydroxyl groups is 1. The first-order chi connectivity index (χ1) is 37.5. The Labute approximate surface area is 470 Å². The van der Waals surface area contributed by atoms with Crippen molar-refractivity contribution in [3.63, 3.8) is 0 Å². The summed E-state index contributed by atoms with van der Waals surface area (Å²) in [5.74, 6) is 4.82. The van der Waals surface area contributed by atoms with Gasteiger partial charge in [-0.2, -0.15) is 26.6 Å². The van der Waals surface area contributed by atoms with Gasteiger partial charge in [-0.25, -0.2) is 26.9 Å². The van der Waals surface area contributed by atoms with Crippen molar-refractivity contribution in [2.75, 3.05) is 56.5 Å². The van der Waals surface area contributed by atoms with Crippen LogP contribution >= 0.6 is 23.5 Å². The van der Waals surface area contributed by atoms with Gasteiger partial charge in [-0.3, -0.25) is 18.4 Å². The minimum absolute atomic E-state index is 0.0293. The van der Waals surface area contributed by atoms with Crippen LogP contribution in [0.3, 0.4) is 0 Å². The second-order valence-electron chi connectivity index (χ2n) is 19.8. The third-order valence-corrected chi connectivity index (χ3v) is 19.2. The molecule has 4 heterocycles. The first kappa shape index (κ1) is 67.0. The molecule has 1 aromatic heterocycles. The van der Waals surface area contributed by atoms with Gasteiger partial charge in [0.05, 0.1) is 40.0 Å². The highest BCUT2D eigenvalue weighted by Gasteiger charge is 2.46. The van der Waals surface area contributed by atoms with Crippen molar-refractivity contribution in [2.24, 2.45) is 0 Å². The van der Waals surface area contributed by atoms with E-state index in [0.717, 1.165) is 27.2 Å². The number of aliphatic hydroxyl groups excluding tert-OH is 1. The predicted molar refractivity (Wildman–Crippen MR) is 296 cm³/mol. The number of ether oxygens (including phenoxy) is 1. The van der Waals surface area contributed by atoms with Crippen LogP contribution in [0.1, 0.15) is 110 Å². The number of hydrogen-bond donors (Lipinski definition) is 8. The Kier molecular flexibility index (Phi) is 22.2. The monoisotopic (exact) mass is 1230 g/mol. The minimum Gasteiger partial charge on any atom is -0.744 e. The molecule has 1 fully saturated rings. The molecule has 27 nitrogen and oxygen atoms in total.